The van der Waals surface area contributed by atoms with E-state index in [2.05, 4.69) is 10.6 Å². The minimum atomic E-state index is -0.218. The molecule has 2 aromatic carbocycles. The Labute approximate surface area is 116 Å². The van der Waals surface area contributed by atoms with E-state index in [9.17, 15) is 9.59 Å². The first-order valence-electron chi connectivity index (χ1n) is 6.09. The number of hydrogen-bond acceptors (Lipinski definition) is 3. The van der Waals surface area contributed by atoms with E-state index >= 15 is 0 Å². The van der Waals surface area contributed by atoms with E-state index in [1.54, 1.807) is 48.5 Å². The highest BCUT2D eigenvalue weighted by Gasteiger charge is 2.06. The molecule has 0 fully saturated rings. The highest BCUT2D eigenvalue weighted by Crippen LogP contribution is 2.14. The summed E-state index contributed by atoms with van der Waals surface area (Å²) >= 11 is 0. The van der Waals surface area contributed by atoms with Crippen LogP contribution >= 0.6 is 0 Å². The number of anilines is 3. The highest BCUT2D eigenvalue weighted by atomic mass is 16.2. The second-order valence-corrected chi connectivity index (χ2v) is 4.33. The molecular formula is C15H15N3O2. The molecule has 0 unspecified atom stereocenters. The van der Waals surface area contributed by atoms with Crippen LogP contribution in [0.5, 0.6) is 0 Å². The minimum absolute atomic E-state index is 0.149. The number of hydrogen-bond donors (Lipinski definition) is 3. The summed E-state index contributed by atoms with van der Waals surface area (Å²) in [7, 11) is 0. The summed E-state index contributed by atoms with van der Waals surface area (Å²) in [6.07, 6.45) is 0. The predicted molar refractivity (Wildman–Crippen MR) is 79.6 cm³/mol. The number of benzene rings is 2. The number of nitrogens with one attached hydrogen (secondary N) is 2. The topological polar surface area (TPSA) is 84.2 Å². The molecule has 0 saturated heterocycles. The first-order valence-corrected chi connectivity index (χ1v) is 6.09. The van der Waals surface area contributed by atoms with Crippen molar-refractivity contribution < 1.29 is 9.59 Å². The van der Waals surface area contributed by atoms with E-state index in [0.29, 0.717) is 22.6 Å². The van der Waals surface area contributed by atoms with Gasteiger partial charge in [0.1, 0.15) is 0 Å². The van der Waals surface area contributed by atoms with Gasteiger partial charge >= 0.3 is 0 Å². The third-order valence-corrected chi connectivity index (χ3v) is 2.64. The molecule has 4 N–H and O–H groups in total. The van der Waals surface area contributed by atoms with Gasteiger partial charge in [-0.3, -0.25) is 9.59 Å². The molecule has 0 aliphatic rings. The maximum Gasteiger partial charge on any atom is 0.255 e. The number of amides is 2. The molecule has 0 aliphatic heterocycles. The molecule has 102 valence electrons. The van der Waals surface area contributed by atoms with Gasteiger partial charge in [0.2, 0.25) is 5.91 Å². The Hall–Kier alpha value is -2.82. The van der Waals surface area contributed by atoms with Crippen LogP contribution in [0, 0.1) is 0 Å². The Morgan fingerprint density at radius 1 is 0.850 bits per heavy atom. The molecular weight excluding hydrogens is 254 g/mol. The Balaban J connectivity index is 2.05. The first kappa shape index (κ1) is 13.6. The third-order valence-electron chi connectivity index (χ3n) is 2.64. The minimum Gasteiger partial charge on any atom is -0.399 e. The molecule has 20 heavy (non-hydrogen) atoms. The van der Waals surface area contributed by atoms with Gasteiger partial charge < -0.3 is 16.4 Å². The Bertz CT molecular complexity index is 619. The fraction of sp³-hybridized carbons (Fsp3) is 0.0667. The Morgan fingerprint density at radius 2 is 1.35 bits per heavy atom. The van der Waals surface area contributed by atoms with Gasteiger partial charge in [0.25, 0.3) is 5.91 Å². The third kappa shape index (κ3) is 3.58. The van der Waals surface area contributed by atoms with Crippen molar-refractivity contribution >= 4 is 28.9 Å². The van der Waals surface area contributed by atoms with Crippen LogP contribution < -0.4 is 16.4 Å². The second kappa shape index (κ2) is 5.88. The lowest BCUT2D eigenvalue weighted by Crippen LogP contribution is -2.12. The molecule has 0 saturated carbocycles. The molecule has 2 aromatic rings. The van der Waals surface area contributed by atoms with Crippen molar-refractivity contribution in [3.8, 4) is 0 Å². The van der Waals surface area contributed by atoms with Crippen molar-refractivity contribution in [1.29, 1.82) is 0 Å². The standard InChI is InChI=1S/C15H15N3O2/c1-10(19)17-13-6-2-11(3-7-13)15(20)18-14-8-4-12(16)5-9-14/h2-9H,16H2,1H3,(H,17,19)(H,18,20). The van der Waals surface area contributed by atoms with Crippen molar-refractivity contribution in [2.45, 2.75) is 6.92 Å². The lowest BCUT2D eigenvalue weighted by Gasteiger charge is -2.07. The maximum atomic E-state index is 12.0. The van der Waals surface area contributed by atoms with Crippen LogP contribution in [-0.4, -0.2) is 11.8 Å². The summed E-state index contributed by atoms with van der Waals surface area (Å²) in [6.45, 7) is 1.43. The van der Waals surface area contributed by atoms with Crippen LogP contribution in [-0.2, 0) is 4.79 Å². The number of carbonyl (C=O) groups is 2. The van der Waals surface area contributed by atoms with Crippen LogP contribution in [0.3, 0.4) is 0 Å². The smallest absolute Gasteiger partial charge is 0.255 e. The van der Waals surface area contributed by atoms with Crippen molar-refractivity contribution in [2.75, 3.05) is 16.4 Å². The van der Waals surface area contributed by atoms with E-state index in [1.165, 1.54) is 6.92 Å². The number of nitrogens with two attached hydrogens (primary N) is 1. The van der Waals surface area contributed by atoms with Gasteiger partial charge in [-0.15, -0.1) is 0 Å². The van der Waals surface area contributed by atoms with E-state index in [0.717, 1.165) is 0 Å². The number of rotatable bonds is 3. The van der Waals surface area contributed by atoms with Gasteiger partial charge in [-0.05, 0) is 48.5 Å². The zero-order valence-corrected chi connectivity index (χ0v) is 11.0. The Kier molecular flexibility index (Phi) is 4.00. The lowest BCUT2D eigenvalue weighted by atomic mass is 10.2. The fourth-order valence-electron chi connectivity index (χ4n) is 1.68. The molecule has 2 rings (SSSR count). The summed E-state index contributed by atoms with van der Waals surface area (Å²) < 4.78 is 0. The second-order valence-electron chi connectivity index (χ2n) is 4.33. The summed E-state index contributed by atoms with van der Waals surface area (Å²) in [4.78, 5) is 22.9. The first-order chi connectivity index (χ1) is 9.54. The molecule has 5 heteroatoms. The summed E-state index contributed by atoms with van der Waals surface area (Å²) in [5, 5.41) is 5.41. The maximum absolute atomic E-state index is 12.0. The van der Waals surface area contributed by atoms with E-state index in [4.69, 9.17) is 5.73 Å². The Morgan fingerprint density at radius 3 is 1.90 bits per heavy atom. The van der Waals surface area contributed by atoms with Gasteiger partial charge in [-0.25, -0.2) is 0 Å². The molecule has 0 atom stereocenters. The molecule has 5 nitrogen and oxygen atoms in total. The average Bonchev–Trinajstić information content (AvgIpc) is 2.41. The van der Waals surface area contributed by atoms with Crippen LogP contribution in [0.2, 0.25) is 0 Å². The largest absolute Gasteiger partial charge is 0.399 e. The van der Waals surface area contributed by atoms with Crippen molar-refractivity contribution in [2.24, 2.45) is 0 Å². The predicted octanol–water partition coefficient (Wildman–Crippen LogP) is 2.48. The quantitative estimate of drug-likeness (QED) is 0.748. The fourth-order valence-corrected chi connectivity index (χ4v) is 1.68. The molecule has 0 bridgehead atoms. The molecule has 0 aromatic heterocycles. The van der Waals surface area contributed by atoms with Crippen molar-refractivity contribution in [3.05, 3.63) is 54.1 Å². The van der Waals surface area contributed by atoms with Crippen LogP contribution in [0.1, 0.15) is 17.3 Å². The van der Waals surface area contributed by atoms with Gasteiger partial charge in [0.15, 0.2) is 0 Å². The molecule has 0 aliphatic carbocycles. The van der Waals surface area contributed by atoms with E-state index in [1.807, 2.05) is 0 Å². The summed E-state index contributed by atoms with van der Waals surface area (Å²) in [5.41, 5.74) is 8.06. The highest BCUT2D eigenvalue weighted by molar-refractivity contribution is 6.04. The lowest BCUT2D eigenvalue weighted by molar-refractivity contribution is -0.114. The summed E-state index contributed by atoms with van der Waals surface area (Å²) in [6, 6.07) is 13.6. The number of nitrogen functional groups attached to an aromatic ring is 1. The number of carbonyl (C=O) groups excluding carboxylic acids is 2. The van der Waals surface area contributed by atoms with Crippen LogP contribution in [0.25, 0.3) is 0 Å². The van der Waals surface area contributed by atoms with Crippen LogP contribution in [0.4, 0.5) is 17.1 Å². The average molecular weight is 269 g/mol. The molecule has 0 radical (unpaired) electrons. The van der Waals surface area contributed by atoms with Gasteiger partial charge in [-0.2, -0.15) is 0 Å². The van der Waals surface area contributed by atoms with Crippen molar-refractivity contribution in [3.63, 3.8) is 0 Å². The normalized spacial score (nSPS) is 9.85. The van der Waals surface area contributed by atoms with Crippen LogP contribution in [0.15, 0.2) is 48.5 Å². The van der Waals surface area contributed by atoms with Gasteiger partial charge in [0, 0.05) is 29.5 Å². The van der Waals surface area contributed by atoms with E-state index < -0.39 is 0 Å². The summed E-state index contributed by atoms with van der Waals surface area (Å²) in [5.74, 6) is -0.367. The zero-order valence-electron chi connectivity index (χ0n) is 11.0. The molecule has 0 spiro atoms. The monoisotopic (exact) mass is 269 g/mol. The van der Waals surface area contributed by atoms with Gasteiger partial charge in [0.05, 0.1) is 0 Å². The molecule has 2 amide bonds. The molecule has 0 heterocycles. The van der Waals surface area contributed by atoms with E-state index in [-0.39, 0.29) is 11.8 Å². The van der Waals surface area contributed by atoms with Gasteiger partial charge in [-0.1, -0.05) is 0 Å². The zero-order chi connectivity index (χ0) is 14.5. The van der Waals surface area contributed by atoms with Crippen molar-refractivity contribution in [1.82, 2.24) is 0 Å². The SMILES string of the molecule is CC(=O)Nc1ccc(C(=O)Nc2ccc(N)cc2)cc1.